The summed E-state index contributed by atoms with van der Waals surface area (Å²) >= 11 is 0. The summed E-state index contributed by atoms with van der Waals surface area (Å²) in [5.41, 5.74) is 0. The first kappa shape index (κ1) is 15.1. The molecule has 126 valence electrons. The van der Waals surface area contributed by atoms with Crippen molar-refractivity contribution >= 4 is 12.0 Å². The smallest absolute Gasteiger partial charge is 0.246 e. The van der Waals surface area contributed by atoms with E-state index in [9.17, 15) is 4.79 Å². The van der Waals surface area contributed by atoms with Gasteiger partial charge in [0.2, 0.25) is 11.8 Å². The maximum Gasteiger partial charge on any atom is 0.246 e. The average Bonchev–Trinajstić information content (AvgIpc) is 3.13. The maximum atomic E-state index is 12.2. The third-order valence-electron chi connectivity index (χ3n) is 4.39. The number of amides is 1. The molecule has 0 spiro atoms. The van der Waals surface area contributed by atoms with Gasteiger partial charge in [0.05, 0.1) is 12.8 Å². The second-order valence-electron chi connectivity index (χ2n) is 6.27. The molecule has 7 heteroatoms. The van der Waals surface area contributed by atoms with Gasteiger partial charge in [-0.05, 0) is 31.1 Å². The molecule has 7 nitrogen and oxygen atoms in total. The summed E-state index contributed by atoms with van der Waals surface area (Å²) in [5, 5.41) is 4.05. The summed E-state index contributed by atoms with van der Waals surface area (Å²) in [6, 6.07) is 3.62. The SMILES string of the molecule is O=C(C=Cc1ccco1)N1CCN(Cc2noc(C3CC3)n2)CC1. The van der Waals surface area contributed by atoms with E-state index in [1.54, 1.807) is 24.5 Å². The van der Waals surface area contributed by atoms with Crippen molar-refractivity contribution in [2.24, 2.45) is 0 Å². The fourth-order valence-corrected chi connectivity index (χ4v) is 2.80. The Morgan fingerprint density at radius 2 is 2.12 bits per heavy atom. The van der Waals surface area contributed by atoms with E-state index in [1.807, 2.05) is 11.0 Å². The largest absolute Gasteiger partial charge is 0.465 e. The van der Waals surface area contributed by atoms with Crippen molar-refractivity contribution in [3.8, 4) is 0 Å². The van der Waals surface area contributed by atoms with Crippen LogP contribution in [0.2, 0.25) is 0 Å². The Kier molecular flexibility index (Phi) is 4.17. The number of rotatable bonds is 5. The molecular weight excluding hydrogens is 308 g/mol. The summed E-state index contributed by atoms with van der Waals surface area (Å²) in [5.74, 6) is 2.71. The second-order valence-corrected chi connectivity index (χ2v) is 6.27. The lowest BCUT2D eigenvalue weighted by Crippen LogP contribution is -2.47. The Labute approximate surface area is 139 Å². The van der Waals surface area contributed by atoms with Gasteiger partial charge in [0.1, 0.15) is 5.76 Å². The minimum absolute atomic E-state index is 0.0154. The van der Waals surface area contributed by atoms with E-state index in [1.165, 1.54) is 0 Å². The van der Waals surface area contributed by atoms with Crippen LogP contribution in [0.1, 0.15) is 36.2 Å². The van der Waals surface area contributed by atoms with Gasteiger partial charge in [0.25, 0.3) is 0 Å². The molecule has 1 saturated carbocycles. The lowest BCUT2D eigenvalue weighted by molar-refractivity contribution is -0.127. The Balaban J connectivity index is 1.25. The van der Waals surface area contributed by atoms with Crippen LogP contribution in [-0.4, -0.2) is 52.0 Å². The highest BCUT2D eigenvalue weighted by Crippen LogP contribution is 2.38. The van der Waals surface area contributed by atoms with E-state index in [-0.39, 0.29) is 5.91 Å². The van der Waals surface area contributed by atoms with Crippen LogP contribution in [0.15, 0.2) is 33.4 Å². The number of carbonyl (C=O) groups is 1. The van der Waals surface area contributed by atoms with E-state index in [0.717, 1.165) is 37.6 Å². The van der Waals surface area contributed by atoms with Crippen LogP contribution in [0, 0.1) is 0 Å². The zero-order chi connectivity index (χ0) is 16.4. The van der Waals surface area contributed by atoms with Gasteiger partial charge in [0, 0.05) is 38.2 Å². The van der Waals surface area contributed by atoms with Crippen LogP contribution < -0.4 is 0 Å². The molecule has 2 fully saturated rings. The van der Waals surface area contributed by atoms with Crippen LogP contribution in [0.25, 0.3) is 6.08 Å². The molecule has 1 saturated heterocycles. The lowest BCUT2D eigenvalue weighted by Gasteiger charge is -2.33. The Morgan fingerprint density at radius 3 is 2.83 bits per heavy atom. The van der Waals surface area contributed by atoms with E-state index >= 15 is 0 Å². The molecule has 0 atom stereocenters. The molecule has 2 aromatic heterocycles. The summed E-state index contributed by atoms with van der Waals surface area (Å²) in [7, 11) is 0. The number of furan rings is 1. The van der Waals surface area contributed by atoms with Gasteiger partial charge >= 0.3 is 0 Å². The van der Waals surface area contributed by atoms with Crippen LogP contribution in [0.5, 0.6) is 0 Å². The third kappa shape index (κ3) is 3.56. The van der Waals surface area contributed by atoms with Gasteiger partial charge < -0.3 is 13.8 Å². The molecule has 0 unspecified atom stereocenters. The summed E-state index contributed by atoms with van der Waals surface area (Å²) < 4.78 is 10.5. The van der Waals surface area contributed by atoms with Crippen molar-refractivity contribution in [3.05, 3.63) is 41.9 Å². The number of carbonyl (C=O) groups excluding carboxylic acids is 1. The van der Waals surface area contributed by atoms with Gasteiger partial charge in [-0.15, -0.1) is 0 Å². The van der Waals surface area contributed by atoms with E-state index < -0.39 is 0 Å². The second kappa shape index (κ2) is 6.60. The summed E-state index contributed by atoms with van der Waals surface area (Å²) in [6.07, 6.45) is 7.18. The predicted molar refractivity (Wildman–Crippen MR) is 85.9 cm³/mol. The molecule has 1 amide bonds. The van der Waals surface area contributed by atoms with E-state index in [2.05, 4.69) is 15.0 Å². The van der Waals surface area contributed by atoms with Crippen molar-refractivity contribution in [1.29, 1.82) is 0 Å². The highest BCUT2D eigenvalue weighted by atomic mass is 16.5. The Morgan fingerprint density at radius 1 is 1.29 bits per heavy atom. The predicted octanol–water partition coefficient (Wildman–Crippen LogP) is 1.90. The van der Waals surface area contributed by atoms with Crippen molar-refractivity contribution < 1.29 is 13.7 Å². The molecule has 2 aromatic rings. The fourth-order valence-electron chi connectivity index (χ4n) is 2.80. The molecule has 0 aromatic carbocycles. The zero-order valence-corrected chi connectivity index (χ0v) is 13.4. The maximum absolute atomic E-state index is 12.2. The summed E-state index contributed by atoms with van der Waals surface area (Å²) in [6.45, 7) is 3.71. The number of aromatic nitrogens is 2. The molecule has 2 aliphatic rings. The Hall–Kier alpha value is -2.41. The van der Waals surface area contributed by atoms with Gasteiger partial charge in [-0.3, -0.25) is 9.69 Å². The first-order chi connectivity index (χ1) is 11.8. The minimum Gasteiger partial charge on any atom is -0.465 e. The number of hydrogen-bond acceptors (Lipinski definition) is 6. The quantitative estimate of drug-likeness (QED) is 0.780. The fraction of sp³-hybridized carbons (Fsp3) is 0.471. The molecule has 1 aliphatic carbocycles. The molecule has 0 N–H and O–H groups in total. The van der Waals surface area contributed by atoms with Crippen molar-refractivity contribution in [2.75, 3.05) is 26.2 Å². The van der Waals surface area contributed by atoms with Crippen molar-refractivity contribution in [1.82, 2.24) is 19.9 Å². The average molecular weight is 328 g/mol. The molecule has 1 aliphatic heterocycles. The van der Waals surface area contributed by atoms with Crippen molar-refractivity contribution in [2.45, 2.75) is 25.3 Å². The number of nitrogens with zero attached hydrogens (tertiary/aromatic N) is 4. The number of piperazine rings is 1. The van der Waals surface area contributed by atoms with Gasteiger partial charge in [0.15, 0.2) is 5.82 Å². The van der Waals surface area contributed by atoms with E-state index in [0.29, 0.717) is 31.3 Å². The molecule has 0 radical (unpaired) electrons. The highest BCUT2D eigenvalue weighted by molar-refractivity contribution is 5.91. The van der Waals surface area contributed by atoms with Gasteiger partial charge in [-0.2, -0.15) is 4.98 Å². The van der Waals surface area contributed by atoms with E-state index in [4.69, 9.17) is 8.94 Å². The number of hydrogen-bond donors (Lipinski definition) is 0. The minimum atomic E-state index is 0.0154. The topological polar surface area (TPSA) is 75.6 Å². The Bertz CT molecular complexity index is 710. The normalized spacial score (nSPS) is 19.2. The van der Waals surface area contributed by atoms with Crippen LogP contribution in [-0.2, 0) is 11.3 Å². The zero-order valence-electron chi connectivity index (χ0n) is 13.4. The van der Waals surface area contributed by atoms with Crippen LogP contribution in [0.3, 0.4) is 0 Å². The third-order valence-corrected chi connectivity index (χ3v) is 4.39. The molecule has 3 heterocycles. The molecular formula is C17H20N4O3. The van der Waals surface area contributed by atoms with Crippen LogP contribution >= 0.6 is 0 Å². The highest BCUT2D eigenvalue weighted by Gasteiger charge is 2.30. The standard InChI is InChI=1S/C17H20N4O3/c22-16(6-5-14-2-1-11-23-14)21-9-7-20(8-10-21)12-15-18-17(24-19-15)13-3-4-13/h1-2,5-6,11,13H,3-4,7-10,12H2. The lowest BCUT2D eigenvalue weighted by atomic mass is 10.3. The monoisotopic (exact) mass is 328 g/mol. The first-order valence-electron chi connectivity index (χ1n) is 8.33. The molecule has 0 bridgehead atoms. The van der Waals surface area contributed by atoms with Crippen molar-refractivity contribution in [3.63, 3.8) is 0 Å². The first-order valence-corrected chi connectivity index (χ1v) is 8.33. The molecule has 24 heavy (non-hydrogen) atoms. The van der Waals surface area contributed by atoms with Crippen LogP contribution in [0.4, 0.5) is 0 Å². The molecule has 4 rings (SSSR count). The summed E-state index contributed by atoms with van der Waals surface area (Å²) in [4.78, 5) is 20.7. The van der Waals surface area contributed by atoms with Gasteiger partial charge in [-0.25, -0.2) is 0 Å². The van der Waals surface area contributed by atoms with Gasteiger partial charge in [-0.1, -0.05) is 5.16 Å².